The Labute approximate surface area is 213 Å². The Hall–Kier alpha value is -3.79. The summed E-state index contributed by atoms with van der Waals surface area (Å²) in [5.74, 6) is 0.264. The van der Waals surface area contributed by atoms with Gasteiger partial charge in [0.1, 0.15) is 17.4 Å². The Morgan fingerprint density at radius 2 is 1.69 bits per heavy atom. The van der Waals surface area contributed by atoms with Crippen molar-refractivity contribution >= 4 is 18.0 Å². The third kappa shape index (κ3) is 8.46. The van der Waals surface area contributed by atoms with Crippen LogP contribution in [0.1, 0.15) is 65.0 Å². The first kappa shape index (κ1) is 28.4. The van der Waals surface area contributed by atoms with Crippen molar-refractivity contribution in [2.24, 2.45) is 0 Å². The lowest BCUT2D eigenvalue weighted by Crippen LogP contribution is -2.15. The second kappa shape index (κ2) is 13.9. The molecule has 0 heterocycles. The van der Waals surface area contributed by atoms with Gasteiger partial charge < -0.3 is 18.9 Å². The lowest BCUT2D eigenvalue weighted by Gasteiger charge is -2.23. The van der Waals surface area contributed by atoms with Crippen LogP contribution in [0.25, 0.3) is 6.08 Å². The summed E-state index contributed by atoms with van der Waals surface area (Å²) in [5.41, 5.74) is 1.80. The summed E-state index contributed by atoms with van der Waals surface area (Å²) in [7, 11) is 0. The van der Waals surface area contributed by atoms with Crippen LogP contribution in [0.5, 0.6) is 17.2 Å². The van der Waals surface area contributed by atoms with Gasteiger partial charge in [0.05, 0.1) is 19.8 Å². The number of benzene rings is 2. The molecule has 0 atom stereocenters. The second-order valence-electron chi connectivity index (χ2n) is 8.72. The fraction of sp³-hybridized carbons (Fsp3) is 0.414. The van der Waals surface area contributed by atoms with Crippen molar-refractivity contribution in [1.82, 2.24) is 0 Å². The first-order valence-corrected chi connectivity index (χ1v) is 12.2. The van der Waals surface area contributed by atoms with Crippen LogP contribution < -0.4 is 14.2 Å². The highest BCUT2D eigenvalue weighted by Crippen LogP contribution is 2.30. The van der Waals surface area contributed by atoms with Gasteiger partial charge in [0.15, 0.2) is 11.5 Å². The van der Waals surface area contributed by atoms with Crippen molar-refractivity contribution in [3.63, 3.8) is 0 Å². The maximum absolute atomic E-state index is 12.4. The van der Waals surface area contributed by atoms with E-state index < -0.39 is 11.9 Å². The van der Waals surface area contributed by atoms with Gasteiger partial charge in [-0.05, 0) is 73.6 Å². The van der Waals surface area contributed by atoms with E-state index in [0.29, 0.717) is 30.9 Å². The van der Waals surface area contributed by atoms with E-state index in [4.69, 9.17) is 18.9 Å². The molecular weight excluding hydrogens is 458 g/mol. The maximum Gasteiger partial charge on any atom is 0.348 e. The van der Waals surface area contributed by atoms with E-state index in [1.165, 1.54) is 11.6 Å². The Morgan fingerprint density at radius 3 is 2.31 bits per heavy atom. The first-order valence-electron chi connectivity index (χ1n) is 12.2. The number of ether oxygens (including phenoxy) is 4. The van der Waals surface area contributed by atoms with Crippen LogP contribution in [0, 0.1) is 11.3 Å². The molecule has 7 heteroatoms. The van der Waals surface area contributed by atoms with Gasteiger partial charge in [-0.3, -0.25) is 4.79 Å². The lowest BCUT2D eigenvalue weighted by atomic mass is 9.82. The van der Waals surface area contributed by atoms with E-state index in [-0.39, 0.29) is 29.8 Å². The molecule has 0 radical (unpaired) electrons. The number of hydrogen-bond acceptors (Lipinski definition) is 7. The summed E-state index contributed by atoms with van der Waals surface area (Å²) in [6.07, 6.45) is 3.12. The van der Waals surface area contributed by atoms with Gasteiger partial charge in [-0.2, -0.15) is 5.26 Å². The molecule has 2 aromatic carbocycles. The SMILES string of the molecule is CCOC(=O)/C(C#N)=C/c1ccc(OC(=O)CCCOc2ccc(C(C)(C)CC)cc2)c(OCC)c1. The number of carbonyl (C=O) groups is 2. The van der Waals surface area contributed by atoms with Gasteiger partial charge in [-0.1, -0.05) is 39.0 Å². The van der Waals surface area contributed by atoms with Crippen LogP contribution in [0.3, 0.4) is 0 Å². The van der Waals surface area contributed by atoms with Crippen LogP contribution in [0.15, 0.2) is 48.0 Å². The summed E-state index contributed by atoms with van der Waals surface area (Å²) >= 11 is 0. The van der Waals surface area contributed by atoms with Gasteiger partial charge in [0.25, 0.3) is 0 Å². The predicted octanol–water partition coefficient (Wildman–Crippen LogP) is 6.01. The third-order valence-corrected chi connectivity index (χ3v) is 5.73. The molecule has 0 bridgehead atoms. The Balaban J connectivity index is 1.94. The van der Waals surface area contributed by atoms with Crippen molar-refractivity contribution < 1.29 is 28.5 Å². The molecule has 2 rings (SSSR count). The maximum atomic E-state index is 12.4. The average Bonchev–Trinajstić information content (AvgIpc) is 2.87. The highest BCUT2D eigenvalue weighted by molar-refractivity contribution is 5.98. The molecule has 0 N–H and O–H groups in total. The molecule has 0 unspecified atom stereocenters. The molecule has 0 aliphatic carbocycles. The number of carbonyl (C=O) groups excluding carboxylic acids is 2. The van der Waals surface area contributed by atoms with Crippen molar-refractivity contribution in [2.75, 3.05) is 19.8 Å². The van der Waals surface area contributed by atoms with Crippen LogP contribution in [-0.4, -0.2) is 31.8 Å². The monoisotopic (exact) mass is 493 g/mol. The summed E-state index contributed by atoms with van der Waals surface area (Å²) in [6, 6.07) is 14.7. The zero-order valence-corrected chi connectivity index (χ0v) is 21.8. The standard InChI is InChI=1S/C29H35NO6/c1-6-29(4,5)23-12-14-24(15-13-23)35-17-9-10-27(31)36-25-16-11-21(19-26(25)33-7-2)18-22(20-30)28(32)34-8-3/h11-16,18-19H,6-10,17H2,1-5H3/b22-18+. The van der Waals surface area contributed by atoms with Crippen LogP contribution >= 0.6 is 0 Å². The average molecular weight is 494 g/mol. The molecular formula is C29H35NO6. The molecule has 0 aliphatic rings. The summed E-state index contributed by atoms with van der Waals surface area (Å²) < 4.78 is 21.7. The normalized spacial score (nSPS) is 11.4. The summed E-state index contributed by atoms with van der Waals surface area (Å²) in [4.78, 5) is 24.2. The van der Waals surface area contributed by atoms with Crippen LogP contribution in [-0.2, 0) is 19.7 Å². The van der Waals surface area contributed by atoms with E-state index >= 15 is 0 Å². The van der Waals surface area contributed by atoms with Crippen molar-refractivity contribution in [3.8, 4) is 23.3 Å². The van der Waals surface area contributed by atoms with Crippen LogP contribution in [0.2, 0.25) is 0 Å². The Kier molecular flexibility index (Phi) is 11.0. The zero-order chi connectivity index (χ0) is 26.6. The van der Waals surface area contributed by atoms with Gasteiger partial charge in [0, 0.05) is 6.42 Å². The van der Waals surface area contributed by atoms with E-state index in [0.717, 1.165) is 12.2 Å². The number of nitrogens with zero attached hydrogens (tertiary/aromatic N) is 1. The summed E-state index contributed by atoms with van der Waals surface area (Å²) in [6.45, 7) is 11.0. The van der Waals surface area contributed by atoms with Gasteiger partial charge in [0.2, 0.25) is 0 Å². The minimum Gasteiger partial charge on any atom is -0.494 e. The minimum absolute atomic E-state index is 0.121. The smallest absolute Gasteiger partial charge is 0.348 e. The zero-order valence-electron chi connectivity index (χ0n) is 21.8. The largest absolute Gasteiger partial charge is 0.494 e. The Bertz CT molecular complexity index is 1100. The number of rotatable bonds is 13. The minimum atomic E-state index is -0.698. The van der Waals surface area contributed by atoms with E-state index in [9.17, 15) is 14.9 Å². The molecule has 0 saturated carbocycles. The van der Waals surface area contributed by atoms with E-state index in [1.807, 2.05) is 18.2 Å². The fourth-order valence-electron chi connectivity index (χ4n) is 3.27. The van der Waals surface area contributed by atoms with Crippen molar-refractivity contribution in [1.29, 1.82) is 5.26 Å². The van der Waals surface area contributed by atoms with Crippen molar-refractivity contribution in [2.45, 2.75) is 59.3 Å². The highest BCUT2D eigenvalue weighted by Gasteiger charge is 2.18. The highest BCUT2D eigenvalue weighted by atomic mass is 16.6. The molecule has 0 aromatic heterocycles. The van der Waals surface area contributed by atoms with Gasteiger partial charge >= 0.3 is 11.9 Å². The quantitative estimate of drug-likeness (QED) is 0.111. The topological polar surface area (TPSA) is 94.9 Å². The van der Waals surface area contributed by atoms with Crippen molar-refractivity contribution in [3.05, 3.63) is 59.2 Å². The molecule has 0 spiro atoms. The molecule has 2 aromatic rings. The fourth-order valence-corrected chi connectivity index (χ4v) is 3.27. The molecule has 7 nitrogen and oxygen atoms in total. The van der Waals surface area contributed by atoms with Gasteiger partial charge in [-0.15, -0.1) is 0 Å². The molecule has 0 amide bonds. The molecule has 0 saturated heterocycles. The van der Waals surface area contributed by atoms with E-state index in [2.05, 4.69) is 32.9 Å². The first-order chi connectivity index (χ1) is 17.2. The number of esters is 2. The molecule has 36 heavy (non-hydrogen) atoms. The molecule has 192 valence electrons. The lowest BCUT2D eigenvalue weighted by molar-refractivity contribution is -0.138. The Morgan fingerprint density at radius 1 is 0.972 bits per heavy atom. The van der Waals surface area contributed by atoms with Gasteiger partial charge in [-0.25, -0.2) is 4.79 Å². The number of hydrogen-bond donors (Lipinski definition) is 0. The van der Waals surface area contributed by atoms with E-state index in [1.54, 1.807) is 32.0 Å². The second-order valence-corrected chi connectivity index (χ2v) is 8.72. The molecule has 0 fully saturated rings. The predicted molar refractivity (Wildman–Crippen MR) is 138 cm³/mol. The molecule has 0 aliphatic heterocycles. The third-order valence-electron chi connectivity index (χ3n) is 5.73. The van der Waals surface area contributed by atoms with Crippen LogP contribution in [0.4, 0.5) is 0 Å². The summed E-state index contributed by atoms with van der Waals surface area (Å²) in [5, 5.41) is 9.23. The number of nitriles is 1.